The van der Waals surface area contributed by atoms with Crippen LogP contribution in [0.1, 0.15) is 32.3 Å². The van der Waals surface area contributed by atoms with E-state index in [0.717, 1.165) is 18.4 Å². The molecule has 1 fully saturated rings. The first-order valence-electron chi connectivity index (χ1n) is 9.42. The molecule has 1 heterocycles. The van der Waals surface area contributed by atoms with Crippen molar-refractivity contribution >= 4 is 0 Å². The van der Waals surface area contributed by atoms with Crippen LogP contribution in [0.25, 0.3) is 0 Å². The highest BCUT2D eigenvalue weighted by Gasteiger charge is 2.47. The first-order valence-corrected chi connectivity index (χ1v) is 9.42. The van der Waals surface area contributed by atoms with Crippen molar-refractivity contribution in [1.82, 2.24) is 0 Å². The lowest BCUT2D eigenvalue weighted by atomic mass is 9.98. The monoisotopic (exact) mass is 368 g/mol. The van der Waals surface area contributed by atoms with Crippen molar-refractivity contribution in [2.45, 2.75) is 64.0 Å². The van der Waals surface area contributed by atoms with Crippen molar-refractivity contribution in [2.75, 3.05) is 26.9 Å². The van der Waals surface area contributed by atoms with Crippen LogP contribution in [0, 0.1) is 0 Å². The molecular weight excluding hydrogens is 336 g/mol. The van der Waals surface area contributed by atoms with Gasteiger partial charge in [0.1, 0.15) is 24.4 Å². The molecule has 1 unspecified atom stereocenters. The lowest BCUT2D eigenvalue weighted by Crippen LogP contribution is -2.61. The molecule has 0 aromatic heterocycles. The summed E-state index contributed by atoms with van der Waals surface area (Å²) >= 11 is 0. The predicted octanol–water partition coefficient (Wildman–Crippen LogP) is 2.53. The van der Waals surface area contributed by atoms with E-state index in [4.69, 9.17) is 23.7 Å². The largest absolute Gasteiger partial charge is 0.387 e. The summed E-state index contributed by atoms with van der Waals surface area (Å²) in [5, 5.41) is 10.7. The number of hydrogen-bond acceptors (Lipinski definition) is 6. The maximum Gasteiger partial charge on any atom is 0.187 e. The Morgan fingerprint density at radius 1 is 0.962 bits per heavy atom. The van der Waals surface area contributed by atoms with Gasteiger partial charge in [0, 0.05) is 20.3 Å². The first kappa shape index (κ1) is 21.3. The van der Waals surface area contributed by atoms with Crippen LogP contribution in [0.2, 0.25) is 0 Å². The molecule has 0 amide bonds. The highest BCUT2D eigenvalue weighted by atomic mass is 16.7. The Hall–Kier alpha value is -1.02. The minimum atomic E-state index is -0.833. The second-order valence-electron chi connectivity index (χ2n) is 6.46. The standard InChI is InChI=1S/C20H32O6/c1-4-11-23-18-17(21)16(14-22-3)26-20(19(18)24-12-5-2)25-13-15-9-7-6-8-10-15/h6-10,16-21H,4-5,11-14H2,1-3H3/t16-,17-,18+,19-,20?/m1/s1. The third-order valence-electron chi connectivity index (χ3n) is 4.24. The van der Waals surface area contributed by atoms with Crippen molar-refractivity contribution in [1.29, 1.82) is 0 Å². The molecule has 148 valence electrons. The van der Waals surface area contributed by atoms with E-state index in [2.05, 4.69) is 0 Å². The minimum absolute atomic E-state index is 0.263. The summed E-state index contributed by atoms with van der Waals surface area (Å²) in [6.45, 7) is 5.82. The lowest BCUT2D eigenvalue weighted by molar-refractivity contribution is -0.319. The third-order valence-corrected chi connectivity index (χ3v) is 4.24. The molecule has 1 aliphatic rings. The van der Waals surface area contributed by atoms with Crippen LogP contribution < -0.4 is 0 Å². The molecule has 5 atom stereocenters. The summed E-state index contributed by atoms with van der Waals surface area (Å²) in [5.41, 5.74) is 1.05. The number of aliphatic hydroxyl groups is 1. The molecule has 0 radical (unpaired) electrons. The predicted molar refractivity (Wildman–Crippen MR) is 97.8 cm³/mol. The van der Waals surface area contributed by atoms with Crippen LogP contribution in [0.5, 0.6) is 0 Å². The molecule has 1 aromatic carbocycles. The smallest absolute Gasteiger partial charge is 0.187 e. The van der Waals surface area contributed by atoms with Gasteiger partial charge in [-0.05, 0) is 18.4 Å². The lowest BCUT2D eigenvalue weighted by Gasteiger charge is -2.44. The van der Waals surface area contributed by atoms with Crippen molar-refractivity contribution in [3.63, 3.8) is 0 Å². The average molecular weight is 368 g/mol. The number of methoxy groups -OCH3 is 1. The van der Waals surface area contributed by atoms with Gasteiger partial charge in [0.05, 0.1) is 13.2 Å². The maximum absolute atomic E-state index is 10.7. The van der Waals surface area contributed by atoms with Gasteiger partial charge in [0.15, 0.2) is 6.29 Å². The van der Waals surface area contributed by atoms with Crippen LogP contribution in [-0.2, 0) is 30.3 Å². The zero-order chi connectivity index (χ0) is 18.8. The molecule has 6 heteroatoms. The fourth-order valence-corrected chi connectivity index (χ4v) is 2.95. The fraction of sp³-hybridized carbons (Fsp3) is 0.700. The Morgan fingerprint density at radius 3 is 2.23 bits per heavy atom. The van der Waals surface area contributed by atoms with Crippen LogP contribution in [0.15, 0.2) is 30.3 Å². The molecule has 1 aromatic rings. The molecule has 0 aliphatic carbocycles. The van der Waals surface area contributed by atoms with Crippen LogP contribution in [0.4, 0.5) is 0 Å². The van der Waals surface area contributed by atoms with Crippen molar-refractivity contribution in [2.24, 2.45) is 0 Å². The summed E-state index contributed by atoms with van der Waals surface area (Å²) in [6, 6.07) is 9.90. The van der Waals surface area contributed by atoms with Crippen LogP contribution in [-0.4, -0.2) is 62.7 Å². The van der Waals surface area contributed by atoms with Gasteiger partial charge < -0.3 is 28.8 Å². The fourth-order valence-electron chi connectivity index (χ4n) is 2.95. The van der Waals surface area contributed by atoms with E-state index in [0.29, 0.717) is 19.8 Å². The number of ether oxygens (including phenoxy) is 5. The van der Waals surface area contributed by atoms with Gasteiger partial charge in [0.25, 0.3) is 0 Å². The van der Waals surface area contributed by atoms with E-state index in [1.54, 1.807) is 7.11 Å². The van der Waals surface area contributed by atoms with Crippen LogP contribution >= 0.6 is 0 Å². The molecule has 1 N–H and O–H groups in total. The molecule has 1 aliphatic heterocycles. The van der Waals surface area contributed by atoms with E-state index in [1.165, 1.54) is 0 Å². The van der Waals surface area contributed by atoms with Gasteiger partial charge in [-0.1, -0.05) is 44.2 Å². The Kier molecular flexibility index (Phi) is 9.53. The highest BCUT2D eigenvalue weighted by Crippen LogP contribution is 2.28. The zero-order valence-electron chi connectivity index (χ0n) is 16.0. The second-order valence-corrected chi connectivity index (χ2v) is 6.46. The normalized spacial score (nSPS) is 29.0. The second kappa shape index (κ2) is 11.6. The Morgan fingerprint density at radius 2 is 1.62 bits per heavy atom. The van der Waals surface area contributed by atoms with E-state index in [1.807, 2.05) is 44.2 Å². The Bertz CT molecular complexity index is 482. The summed E-state index contributed by atoms with van der Waals surface area (Å²) in [5.74, 6) is 0. The molecule has 0 saturated carbocycles. The zero-order valence-corrected chi connectivity index (χ0v) is 16.0. The van der Waals surface area contributed by atoms with E-state index < -0.39 is 30.7 Å². The van der Waals surface area contributed by atoms with Gasteiger partial charge in [-0.2, -0.15) is 0 Å². The summed E-state index contributed by atoms with van der Waals surface area (Å²) in [6.07, 6.45) is -1.28. The van der Waals surface area contributed by atoms with Crippen molar-refractivity contribution in [3.8, 4) is 0 Å². The molecule has 6 nitrogen and oxygen atoms in total. The summed E-state index contributed by atoms with van der Waals surface area (Å²) < 4.78 is 29.1. The third kappa shape index (κ3) is 6.01. The molecule has 26 heavy (non-hydrogen) atoms. The molecule has 2 rings (SSSR count). The van der Waals surface area contributed by atoms with E-state index in [-0.39, 0.29) is 6.61 Å². The van der Waals surface area contributed by atoms with Gasteiger partial charge >= 0.3 is 0 Å². The summed E-state index contributed by atoms with van der Waals surface area (Å²) in [7, 11) is 1.58. The summed E-state index contributed by atoms with van der Waals surface area (Å²) in [4.78, 5) is 0. The topological polar surface area (TPSA) is 66.4 Å². The van der Waals surface area contributed by atoms with Crippen LogP contribution in [0.3, 0.4) is 0 Å². The Labute approximate surface area is 156 Å². The van der Waals surface area contributed by atoms with Gasteiger partial charge in [-0.25, -0.2) is 0 Å². The molecular formula is C20H32O6. The first-order chi connectivity index (χ1) is 12.7. The maximum atomic E-state index is 10.7. The number of rotatable bonds is 11. The van der Waals surface area contributed by atoms with E-state index in [9.17, 15) is 5.11 Å². The van der Waals surface area contributed by atoms with Crippen molar-refractivity contribution < 1.29 is 28.8 Å². The quantitative estimate of drug-likeness (QED) is 0.647. The number of hydrogen-bond donors (Lipinski definition) is 1. The number of aliphatic hydroxyl groups excluding tert-OH is 1. The van der Waals surface area contributed by atoms with Gasteiger partial charge in [0.2, 0.25) is 0 Å². The minimum Gasteiger partial charge on any atom is -0.387 e. The molecule has 0 spiro atoms. The van der Waals surface area contributed by atoms with Gasteiger partial charge in [-0.15, -0.1) is 0 Å². The number of benzene rings is 1. The van der Waals surface area contributed by atoms with Gasteiger partial charge in [-0.3, -0.25) is 0 Å². The molecule has 1 saturated heterocycles. The van der Waals surface area contributed by atoms with E-state index >= 15 is 0 Å². The highest BCUT2D eigenvalue weighted by molar-refractivity contribution is 5.13. The Balaban J connectivity index is 2.12. The van der Waals surface area contributed by atoms with Crippen molar-refractivity contribution in [3.05, 3.63) is 35.9 Å². The average Bonchev–Trinajstić information content (AvgIpc) is 2.67. The SMILES string of the molecule is CCCO[C@H]1[C@H](O)[C@@H](COC)OC(OCc2ccccc2)[C@@H]1OCCC. The molecule has 0 bridgehead atoms.